The molecule has 2 aromatic rings. The lowest BCUT2D eigenvalue weighted by Crippen LogP contribution is -2.17. The first-order chi connectivity index (χ1) is 8.15. The van der Waals surface area contributed by atoms with Crippen molar-refractivity contribution in [2.24, 2.45) is 0 Å². The average Bonchev–Trinajstić information content (AvgIpc) is 2.72. The smallest absolute Gasteiger partial charge is 0.123 e. The second kappa shape index (κ2) is 5.76. The molecule has 1 nitrogen and oxygen atoms in total. The highest BCUT2D eigenvalue weighted by molar-refractivity contribution is 9.11. The van der Waals surface area contributed by atoms with Crippen molar-refractivity contribution >= 4 is 27.3 Å². The van der Waals surface area contributed by atoms with E-state index in [0.717, 1.165) is 15.9 Å². The molecular formula is C13H13BrFNS. The Balaban J connectivity index is 1.95. The van der Waals surface area contributed by atoms with Gasteiger partial charge in [0.25, 0.3) is 0 Å². The monoisotopic (exact) mass is 313 g/mol. The molecule has 0 aliphatic carbocycles. The summed E-state index contributed by atoms with van der Waals surface area (Å²) >= 11 is 5.14. The SMILES string of the molecule is C[C@@H](NCc1ccc(Br)s1)c1cccc(F)c1. The van der Waals surface area contributed by atoms with Crippen LogP contribution >= 0.6 is 27.3 Å². The van der Waals surface area contributed by atoms with E-state index in [-0.39, 0.29) is 11.9 Å². The number of hydrogen-bond donors (Lipinski definition) is 1. The summed E-state index contributed by atoms with van der Waals surface area (Å²) in [7, 11) is 0. The quantitative estimate of drug-likeness (QED) is 0.876. The molecule has 0 amide bonds. The molecule has 90 valence electrons. The molecule has 0 saturated carbocycles. The number of halogens is 2. The predicted molar refractivity (Wildman–Crippen MR) is 73.7 cm³/mol. The van der Waals surface area contributed by atoms with E-state index in [0.29, 0.717) is 0 Å². The molecule has 2 rings (SSSR count). The zero-order chi connectivity index (χ0) is 12.3. The van der Waals surface area contributed by atoms with E-state index in [1.165, 1.54) is 10.9 Å². The second-order valence-electron chi connectivity index (χ2n) is 3.86. The maximum atomic E-state index is 13.1. The summed E-state index contributed by atoms with van der Waals surface area (Å²) in [4.78, 5) is 1.26. The predicted octanol–water partition coefficient (Wildman–Crippen LogP) is 4.50. The normalized spacial score (nSPS) is 12.6. The Morgan fingerprint density at radius 2 is 2.18 bits per heavy atom. The van der Waals surface area contributed by atoms with Gasteiger partial charge in [-0.3, -0.25) is 0 Å². The molecule has 0 unspecified atom stereocenters. The first kappa shape index (κ1) is 12.7. The number of rotatable bonds is 4. The van der Waals surface area contributed by atoms with Crippen LogP contribution in [0.3, 0.4) is 0 Å². The summed E-state index contributed by atoms with van der Waals surface area (Å²) in [5.74, 6) is -0.185. The van der Waals surface area contributed by atoms with E-state index < -0.39 is 0 Å². The van der Waals surface area contributed by atoms with Crippen molar-refractivity contribution in [3.63, 3.8) is 0 Å². The van der Waals surface area contributed by atoms with Crippen LogP contribution in [-0.4, -0.2) is 0 Å². The van der Waals surface area contributed by atoms with Gasteiger partial charge in [-0.2, -0.15) is 0 Å². The van der Waals surface area contributed by atoms with Crippen LogP contribution < -0.4 is 5.32 Å². The highest BCUT2D eigenvalue weighted by Gasteiger charge is 2.06. The van der Waals surface area contributed by atoms with E-state index in [1.807, 2.05) is 19.1 Å². The van der Waals surface area contributed by atoms with E-state index in [9.17, 15) is 4.39 Å². The van der Waals surface area contributed by atoms with E-state index in [1.54, 1.807) is 23.5 Å². The van der Waals surface area contributed by atoms with Gasteiger partial charge >= 0.3 is 0 Å². The molecular weight excluding hydrogens is 301 g/mol. The second-order valence-corrected chi connectivity index (χ2v) is 6.41. The molecule has 0 aliphatic rings. The Morgan fingerprint density at radius 3 is 2.82 bits per heavy atom. The lowest BCUT2D eigenvalue weighted by atomic mass is 10.1. The van der Waals surface area contributed by atoms with Crippen LogP contribution in [-0.2, 0) is 6.54 Å². The van der Waals surface area contributed by atoms with Gasteiger partial charge in [0.15, 0.2) is 0 Å². The summed E-state index contributed by atoms with van der Waals surface area (Å²) in [6.45, 7) is 2.84. The van der Waals surface area contributed by atoms with Crippen LogP contribution in [0.15, 0.2) is 40.2 Å². The van der Waals surface area contributed by atoms with Crippen LogP contribution in [0, 0.1) is 5.82 Å². The third-order valence-electron chi connectivity index (χ3n) is 2.56. The molecule has 0 spiro atoms. The van der Waals surface area contributed by atoms with Crippen molar-refractivity contribution in [2.75, 3.05) is 0 Å². The fraction of sp³-hybridized carbons (Fsp3) is 0.231. The molecule has 17 heavy (non-hydrogen) atoms. The summed E-state index contributed by atoms with van der Waals surface area (Å²) in [5, 5.41) is 3.38. The molecule has 0 radical (unpaired) electrons. The maximum Gasteiger partial charge on any atom is 0.123 e. The van der Waals surface area contributed by atoms with E-state index >= 15 is 0 Å². The van der Waals surface area contributed by atoms with Gasteiger partial charge in [0.05, 0.1) is 3.79 Å². The molecule has 1 aromatic carbocycles. The standard InChI is InChI=1S/C13H13BrFNS/c1-9(10-3-2-4-11(15)7-10)16-8-12-5-6-13(14)17-12/h2-7,9,16H,8H2,1H3/t9-/m1/s1. The summed E-state index contributed by atoms with van der Waals surface area (Å²) in [5.41, 5.74) is 0.973. The lowest BCUT2D eigenvalue weighted by Gasteiger charge is -2.13. The number of hydrogen-bond acceptors (Lipinski definition) is 2. The molecule has 1 atom stereocenters. The third-order valence-corrected chi connectivity index (χ3v) is 4.18. The highest BCUT2D eigenvalue weighted by atomic mass is 79.9. The van der Waals surface area contributed by atoms with Crippen molar-refractivity contribution in [3.8, 4) is 0 Å². The topological polar surface area (TPSA) is 12.0 Å². The number of benzene rings is 1. The Morgan fingerprint density at radius 1 is 1.35 bits per heavy atom. The molecule has 4 heteroatoms. The Kier molecular flexibility index (Phi) is 4.31. The molecule has 0 fully saturated rings. The van der Waals surface area contributed by atoms with Crippen molar-refractivity contribution < 1.29 is 4.39 Å². The molecule has 0 bridgehead atoms. The van der Waals surface area contributed by atoms with E-state index in [2.05, 4.69) is 27.3 Å². The Bertz CT molecular complexity index is 498. The molecule has 1 aromatic heterocycles. The van der Waals surface area contributed by atoms with Crippen LogP contribution in [0.4, 0.5) is 4.39 Å². The van der Waals surface area contributed by atoms with Crippen molar-refractivity contribution in [1.82, 2.24) is 5.32 Å². The summed E-state index contributed by atoms with van der Waals surface area (Å²) in [6, 6.07) is 11.0. The molecule has 0 saturated heterocycles. The van der Waals surface area contributed by atoms with Crippen LogP contribution in [0.5, 0.6) is 0 Å². The summed E-state index contributed by atoms with van der Waals surface area (Å²) < 4.78 is 14.2. The first-order valence-corrected chi connectivity index (χ1v) is 6.99. The van der Waals surface area contributed by atoms with Gasteiger partial charge in [0.1, 0.15) is 5.82 Å². The maximum absolute atomic E-state index is 13.1. The molecule has 0 aliphatic heterocycles. The van der Waals surface area contributed by atoms with Gasteiger partial charge in [-0.15, -0.1) is 11.3 Å². The van der Waals surface area contributed by atoms with Crippen LogP contribution in [0.1, 0.15) is 23.4 Å². The van der Waals surface area contributed by atoms with Crippen molar-refractivity contribution in [2.45, 2.75) is 19.5 Å². The third kappa shape index (κ3) is 3.63. The van der Waals surface area contributed by atoms with Gasteiger partial charge in [-0.1, -0.05) is 12.1 Å². The molecule has 1 heterocycles. The largest absolute Gasteiger partial charge is 0.305 e. The van der Waals surface area contributed by atoms with Gasteiger partial charge in [0, 0.05) is 17.5 Å². The van der Waals surface area contributed by atoms with Gasteiger partial charge in [-0.05, 0) is 52.7 Å². The Labute approximate surface area is 113 Å². The Hall–Kier alpha value is -0.710. The fourth-order valence-corrected chi connectivity index (χ4v) is 3.03. The van der Waals surface area contributed by atoms with E-state index in [4.69, 9.17) is 0 Å². The van der Waals surface area contributed by atoms with Crippen molar-refractivity contribution in [1.29, 1.82) is 0 Å². The van der Waals surface area contributed by atoms with Crippen molar-refractivity contribution in [3.05, 3.63) is 56.4 Å². The lowest BCUT2D eigenvalue weighted by molar-refractivity contribution is 0.568. The van der Waals surface area contributed by atoms with Gasteiger partial charge in [0.2, 0.25) is 0 Å². The first-order valence-electron chi connectivity index (χ1n) is 5.38. The number of thiophene rings is 1. The fourth-order valence-electron chi connectivity index (χ4n) is 1.59. The van der Waals surface area contributed by atoms with Crippen LogP contribution in [0.2, 0.25) is 0 Å². The zero-order valence-corrected chi connectivity index (χ0v) is 11.8. The van der Waals surface area contributed by atoms with Crippen LogP contribution in [0.25, 0.3) is 0 Å². The zero-order valence-electron chi connectivity index (χ0n) is 9.41. The minimum absolute atomic E-state index is 0.145. The van der Waals surface area contributed by atoms with Gasteiger partial charge < -0.3 is 5.32 Å². The minimum atomic E-state index is -0.185. The van der Waals surface area contributed by atoms with Gasteiger partial charge in [-0.25, -0.2) is 4.39 Å². The average molecular weight is 314 g/mol. The molecule has 1 N–H and O–H groups in total. The minimum Gasteiger partial charge on any atom is -0.305 e. The highest BCUT2D eigenvalue weighted by Crippen LogP contribution is 2.22. The number of nitrogens with one attached hydrogen (secondary N) is 1. The summed E-state index contributed by atoms with van der Waals surface area (Å²) in [6.07, 6.45) is 0.